The van der Waals surface area contributed by atoms with Crippen LogP contribution in [0.2, 0.25) is 10.0 Å². The first-order valence-electron chi connectivity index (χ1n) is 8.33. The van der Waals surface area contributed by atoms with E-state index < -0.39 is 16.1 Å². The van der Waals surface area contributed by atoms with Gasteiger partial charge in [0.25, 0.3) is 10.0 Å². The zero-order valence-electron chi connectivity index (χ0n) is 14.7. The molecule has 2 rings (SSSR count). The highest BCUT2D eigenvalue weighted by atomic mass is 35.5. The molecular formula is C18H20Cl2N2O4S. The van der Waals surface area contributed by atoms with E-state index in [1.165, 1.54) is 41.3 Å². The maximum atomic E-state index is 12.6. The largest absolute Gasteiger partial charge is 0.465 e. The van der Waals surface area contributed by atoms with E-state index in [2.05, 4.69) is 4.72 Å². The molecule has 0 saturated heterocycles. The molecule has 1 amide bonds. The van der Waals surface area contributed by atoms with Crippen molar-refractivity contribution >= 4 is 50.7 Å². The maximum Gasteiger partial charge on any atom is 0.411 e. The lowest BCUT2D eigenvalue weighted by molar-refractivity contribution is 0.201. The van der Waals surface area contributed by atoms with Crippen molar-refractivity contribution < 1.29 is 18.3 Å². The molecule has 0 spiro atoms. The molecule has 2 aromatic carbocycles. The van der Waals surface area contributed by atoms with Gasteiger partial charge in [0.05, 0.1) is 20.6 Å². The minimum atomic E-state index is -3.93. The summed E-state index contributed by atoms with van der Waals surface area (Å²) < 4.78 is 27.5. The predicted octanol–water partition coefficient (Wildman–Crippen LogP) is 5.47. The fourth-order valence-electron chi connectivity index (χ4n) is 2.45. The number of hydrogen-bond donors (Lipinski definition) is 2. The highest BCUT2D eigenvalue weighted by Crippen LogP contribution is 2.32. The second-order valence-electron chi connectivity index (χ2n) is 5.84. The summed E-state index contributed by atoms with van der Waals surface area (Å²) in [5.41, 5.74) is 0.505. The van der Waals surface area contributed by atoms with E-state index in [1.807, 2.05) is 6.92 Å². The van der Waals surface area contributed by atoms with Crippen LogP contribution in [0.1, 0.15) is 26.2 Å². The summed E-state index contributed by atoms with van der Waals surface area (Å²) in [6.45, 7) is 2.38. The van der Waals surface area contributed by atoms with Gasteiger partial charge in [-0.25, -0.2) is 13.2 Å². The van der Waals surface area contributed by atoms with Gasteiger partial charge < -0.3 is 5.11 Å². The van der Waals surface area contributed by atoms with Crippen molar-refractivity contribution in [3.05, 3.63) is 52.5 Å². The molecule has 0 bridgehead atoms. The van der Waals surface area contributed by atoms with Crippen LogP contribution in [0.5, 0.6) is 0 Å². The second-order valence-corrected chi connectivity index (χ2v) is 8.33. The van der Waals surface area contributed by atoms with Gasteiger partial charge in [-0.2, -0.15) is 0 Å². The summed E-state index contributed by atoms with van der Waals surface area (Å²) in [7, 11) is -3.93. The average molecular weight is 431 g/mol. The monoisotopic (exact) mass is 430 g/mol. The normalized spacial score (nSPS) is 11.2. The third-order valence-electron chi connectivity index (χ3n) is 3.87. The van der Waals surface area contributed by atoms with Crippen LogP contribution in [-0.2, 0) is 10.0 Å². The molecule has 9 heteroatoms. The lowest BCUT2D eigenvalue weighted by Crippen LogP contribution is -2.30. The van der Waals surface area contributed by atoms with Crippen molar-refractivity contribution in [3.63, 3.8) is 0 Å². The molecule has 0 fully saturated rings. The van der Waals surface area contributed by atoms with E-state index in [-0.39, 0.29) is 20.6 Å². The zero-order chi connectivity index (χ0) is 20.0. The van der Waals surface area contributed by atoms with Crippen LogP contribution in [-0.4, -0.2) is 26.2 Å². The van der Waals surface area contributed by atoms with Gasteiger partial charge in [0.15, 0.2) is 0 Å². The zero-order valence-corrected chi connectivity index (χ0v) is 17.0. The quantitative estimate of drug-likeness (QED) is 0.543. The van der Waals surface area contributed by atoms with E-state index >= 15 is 0 Å². The molecule has 0 atom stereocenters. The minimum Gasteiger partial charge on any atom is -0.465 e. The van der Waals surface area contributed by atoms with Crippen molar-refractivity contribution in [1.82, 2.24) is 0 Å². The smallest absolute Gasteiger partial charge is 0.411 e. The summed E-state index contributed by atoms with van der Waals surface area (Å²) in [6, 6.07) is 10.3. The van der Waals surface area contributed by atoms with E-state index in [4.69, 9.17) is 23.2 Å². The number of para-hydroxylation sites is 1. The van der Waals surface area contributed by atoms with E-state index in [0.29, 0.717) is 12.2 Å². The number of anilines is 2. The Balaban J connectivity index is 2.23. The first kappa shape index (κ1) is 21.3. The second kappa shape index (κ2) is 9.30. The standard InChI is InChI=1S/C18H20Cl2N2O4S/c1-2-3-4-12-22(18(23)24)13-8-10-14(11-9-13)27(25,26)21-17-15(19)6-5-7-16(17)20/h5-11,21H,2-4,12H2,1H3,(H,23,24). The number of nitrogens with zero attached hydrogens (tertiary/aromatic N) is 1. The summed E-state index contributed by atoms with van der Waals surface area (Å²) in [5.74, 6) is 0. The van der Waals surface area contributed by atoms with E-state index in [1.54, 1.807) is 6.07 Å². The fraction of sp³-hybridized carbons (Fsp3) is 0.278. The predicted molar refractivity (Wildman–Crippen MR) is 109 cm³/mol. The van der Waals surface area contributed by atoms with Crippen LogP contribution in [0.25, 0.3) is 0 Å². The molecule has 0 unspecified atom stereocenters. The van der Waals surface area contributed by atoms with Crippen molar-refractivity contribution in [1.29, 1.82) is 0 Å². The Kier molecular flexibility index (Phi) is 7.35. The van der Waals surface area contributed by atoms with Crippen molar-refractivity contribution in [3.8, 4) is 0 Å². The Morgan fingerprint density at radius 3 is 2.19 bits per heavy atom. The van der Waals surface area contributed by atoms with Crippen molar-refractivity contribution in [2.75, 3.05) is 16.2 Å². The van der Waals surface area contributed by atoms with Crippen molar-refractivity contribution in [2.24, 2.45) is 0 Å². The lowest BCUT2D eigenvalue weighted by Gasteiger charge is -2.19. The minimum absolute atomic E-state index is 0.0267. The molecule has 0 aliphatic heterocycles. The molecule has 2 aromatic rings. The Labute approximate surface area is 168 Å². The number of amides is 1. The van der Waals surface area contributed by atoms with Crippen molar-refractivity contribution in [2.45, 2.75) is 31.1 Å². The molecule has 0 heterocycles. The first-order chi connectivity index (χ1) is 12.8. The number of sulfonamides is 1. The van der Waals surface area contributed by atoms with Gasteiger partial charge in [0.1, 0.15) is 0 Å². The van der Waals surface area contributed by atoms with Crippen LogP contribution in [0.15, 0.2) is 47.4 Å². The van der Waals surface area contributed by atoms with Gasteiger partial charge in [-0.05, 0) is 42.8 Å². The third-order valence-corrected chi connectivity index (χ3v) is 5.87. The van der Waals surface area contributed by atoms with Gasteiger partial charge in [-0.15, -0.1) is 0 Å². The van der Waals surface area contributed by atoms with Crippen LogP contribution in [0.3, 0.4) is 0 Å². The third kappa shape index (κ3) is 5.51. The van der Waals surface area contributed by atoms with Crippen LogP contribution in [0, 0.1) is 0 Å². The van der Waals surface area contributed by atoms with Gasteiger partial charge in [0.2, 0.25) is 0 Å². The summed E-state index contributed by atoms with van der Waals surface area (Å²) in [4.78, 5) is 12.6. The number of rotatable bonds is 8. The number of carbonyl (C=O) groups is 1. The molecule has 6 nitrogen and oxygen atoms in total. The Hall–Kier alpha value is -1.96. The Bertz CT molecular complexity index is 882. The number of hydrogen-bond acceptors (Lipinski definition) is 3. The first-order valence-corrected chi connectivity index (χ1v) is 10.6. The molecule has 27 heavy (non-hydrogen) atoms. The number of nitrogens with one attached hydrogen (secondary N) is 1. The number of halogens is 2. The van der Waals surface area contributed by atoms with Gasteiger partial charge in [-0.1, -0.05) is 49.0 Å². The van der Waals surface area contributed by atoms with Gasteiger partial charge in [-0.3, -0.25) is 9.62 Å². The van der Waals surface area contributed by atoms with Gasteiger partial charge >= 0.3 is 6.09 Å². The Morgan fingerprint density at radius 2 is 1.67 bits per heavy atom. The SMILES string of the molecule is CCCCCN(C(=O)O)c1ccc(S(=O)(=O)Nc2c(Cl)cccc2Cl)cc1. The molecule has 0 radical (unpaired) electrons. The lowest BCUT2D eigenvalue weighted by atomic mass is 10.2. The summed E-state index contributed by atoms with van der Waals surface area (Å²) in [6.07, 6.45) is 1.54. The van der Waals surface area contributed by atoms with Crippen LogP contribution >= 0.6 is 23.2 Å². The molecule has 0 saturated carbocycles. The molecular weight excluding hydrogens is 411 g/mol. The molecule has 0 aliphatic carbocycles. The van der Waals surface area contributed by atoms with Crippen LogP contribution in [0.4, 0.5) is 16.2 Å². The van der Waals surface area contributed by atoms with E-state index in [9.17, 15) is 18.3 Å². The molecule has 146 valence electrons. The van der Waals surface area contributed by atoms with Crippen LogP contribution < -0.4 is 9.62 Å². The number of benzene rings is 2. The number of unbranched alkanes of at least 4 members (excludes halogenated alkanes) is 2. The molecule has 2 N–H and O–H groups in total. The van der Waals surface area contributed by atoms with Gasteiger partial charge in [0, 0.05) is 12.2 Å². The molecule has 0 aromatic heterocycles. The fourth-order valence-corrected chi connectivity index (χ4v) is 4.15. The van der Waals surface area contributed by atoms with E-state index in [0.717, 1.165) is 19.3 Å². The maximum absolute atomic E-state index is 12.6. The highest BCUT2D eigenvalue weighted by Gasteiger charge is 2.19. The Morgan fingerprint density at radius 1 is 1.07 bits per heavy atom. The molecule has 0 aliphatic rings. The summed E-state index contributed by atoms with van der Waals surface area (Å²) >= 11 is 12.0. The average Bonchev–Trinajstić information content (AvgIpc) is 2.62. The topological polar surface area (TPSA) is 86.7 Å². The summed E-state index contributed by atoms with van der Waals surface area (Å²) in [5, 5.41) is 9.73. The number of carboxylic acid groups (broad SMARTS) is 1. The highest BCUT2D eigenvalue weighted by molar-refractivity contribution is 7.92.